The van der Waals surface area contributed by atoms with Gasteiger partial charge in [0.1, 0.15) is 11.8 Å². The van der Waals surface area contributed by atoms with Crippen LogP contribution < -0.4 is 10.3 Å². The SMILES string of the molecule is CCOc1ccc2[nH]c(=O)c([C@@H](c3nnnn3C3CCCCC3)N3CCN(C4CCCCC4)CC3)cc2c1. The normalized spacial score (nSPS) is 21.6. The molecule has 0 radical (unpaired) electrons. The number of hydrogen-bond donors (Lipinski definition) is 1. The number of nitrogens with zero attached hydrogens (tertiary/aromatic N) is 6. The third-order valence-electron chi connectivity index (χ3n) is 8.94. The van der Waals surface area contributed by atoms with E-state index in [2.05, 4.69) is 30.3 Å². The minimum absolute atomic E-state index is 0.0698. The summed E-state index contributed by atoms with van der Waals surface area (Å²) in [6.45, 7) is 6.42. The lowest BCUT2D eigenvalue weighted by Gasteiger charge is -2.43. The Morgan fingerprint density at radius 3 is 2.37 bits per heavy atom. The Morgan fingerprint density at radius 1 is 0.947 bits per heavy atom. The second-order valence-corrected chi connectivity index (χ2v) is 11.3. The fraction of sp³-hybridized carbons (Fsp3) is 0.655. The zero-order valence-electron chi connectivity index (χ0n) is 22.6. The topological polar surface area (TPSA) is 92.2 Å². The van der Waals surface area contributed by atoms with E-state index in [0.29, 0.717) is 24.3 Å². The van der Waals surface area contributed by atoms with Crippen molar-refractivity contribution in [2.24, 2.45) is 0 Å². The van der Waals surface area contributed by atoms with Gasteiger partial charge in [-0.15, -0.1) is 5.10 Å². The molecule has 2 aliphatic carbocycles. The first-order valence-corrected chi connectivity index (χ1v) is 14.8. The summed E-state index contributed by atoms with van der Waals surface area (Å²) in [4.78, 5) is 21.9. The monoisotopic (exact) mass is 519 g/mol. The van der Waals surface area contributed by atoms with Crippen molar-refractivity contribution in [3.63, 3.8) is 0 Å². The van der Waals surface area contributed by atoms with Crippen molar-refractivity contribution in [3.05, 3.63) is 46.0 Å². The molecule has 0 bridgehead atoms. The molecule has 1 N–H and O–H groups in total. The van der Waals surface area contributed by atoms with Gasteiger partial charge >= 0.3 is 0 Å². The minimum atomic E-state index is -0.288. The van der Waals surface area contributed by atoms with E-state index in [1.807, 2.05) is 35.9 Å². The fourth-order valence-corrected chi connectivity index (χ4v) is 6.93. The number of ether oxygens (including phenoxy) is 1. The first-order valence-electron chi connectivity index (χ1n) is 14.8. The highest BCUT2D eigenvalue weighted by atomic mass is 16.5. The van der Waals surface area contributed by atoms with Crippen LogP contribution in [-0.2, 0) is 0 Å². The Hall–Kier alpha value is -2.78. The van der Waals surface area contributed by atoms with E-state index < -0.39 is 0 Å². The quantitative estimate of drug-likeness (QED) is 0.493. The standard InChI is InChI=1S/C29H41N7O2/c1-2-38-24-13-14-26-21(19-24)20-25(29(37)30-26)27(28-31-32-33-36(28)23-11-7-4-8-12-23)35-17-15-34(16-18-35)22-9-5-3-6-10-22/h13-14,19-20,22-23,27H,2-12,15-18H2,1H3,(H,30,37)/t27-/m0/s1. The van der Waals surface area contributed by atoms with Crippen molar-refractivity contribution < 1.29 is 4.74 Å². The van der Waals surface area contributed by atoms with Crippen LogP contribution >= 0.6 is 0 Å². The third kappa shape index (κ3) is 5.23. The average molecular weight is 520 g/mol. The van der Waals surface area contributed by atoms with Crippen molar-refractivity contribution in [3.8, 4) is 5.75 Å². The molecule has 1 atom stereocenters. The van der Waals surface area contributed by atoms with Crippen LogP contribution in [0, 0.1) is 0 Å². The maximum absolute atomic E-state index is 13.6. The molecule has 2 saturated carbocycles. The highest BCUT2D eigenvalue weighted by Crippen LogP contribution is 2.34. The summed E-state index contributed by atoms with van der Waals surface area (Å²) < 4.78 is 7.80. The van der Waals surface area contributed by atoms with E-state index in [-0.39, 0.29) is 11.6 Å². The highest BCUT2D eigenvalue weighted by Gasteiger charge is 2.35. The summed E-state index contributed by atoms with van der Waals surface area (Å²) in [5.74, 6) is 1.61. The van der Waals surface area contributed by atoms with Gasteiger partial charge in [0, 0.05) is 48.7 Å². The molecule has 0 unspecified atom stereocenters. The highest BCUT2D eigenvalue weighted by molar-refractivity contribution is 5.80. The number of piperazine rings is 1. The molecule has 1 aromatic carbocycles. The van der Waals surface area contributed by atoms with Gasteiger partial charge in [-0.1, -0.05) is 38.5 Å². The molecule has 1 saturated heterocycles. The molecule has 204 valence electrons. The summed E-state index contributed by atoms with van der Waals surface area (Å²) in [7, 11) is 0. The smallest absolute Gasteiger partial charge is 0.253 e. The lowest BCUT2D eigenvalue weighted by atomic mass is 9.93. The predicted molar refractivity (Wildman–Crippen MR) is 148 cm³/mol. The molecule has 2 aromatic heterocycles. The number of hydrogen-bond acceptors (Lipinski definition) is 7. The molecule has 0 spiro atoms. The maximum Gasteiger partial charge on any atom is 0.253 e. The molecule has 9 heteroatoms. The van der Waals surface area contributed by atoms with E-state index in [4.69, 9.17) is 4.74 Å². The van der Waals surface area contributed by atoms with Gasteiger partial charge in [-0.25, -0.2) is 4.68 Å². The van der Waals surface area contributed by atoms with Crippen LogP contribution in [0.1, 0.15) is 94.6 Å². The molecule has 0 amide bonds. The molecular weight excluding hydrogens is 478 g/mol. The molecule has 9 nitrogen and oxygen atoms in total. The van der Waals surface area contributed by atoms with E-state index in [9.17, 15) is 4.79 Å². The zero-order chi connectivity index (χ0) is 25.9. The Balaban J connectivity index is 1.36. The summed E-state index contributed by atoms with van der Waals surface area (Å²) in [6.07, 6.45) is 12.5. The summed E-state index contributed by atoms with van der Waals surface area (Å²) in [6, 6.07) is 8.60. The van der Waals surface area contributed by atoms with Crippen LogP contribution in [0.5, 0.6) is 5.75 Å². The van der Waals surface area contributed by atoms with Gasteiger partial charge in [0.25, 0.3) is 5.56 Å². The van der Waals surface area contributed by atoms with Crippen molar-refractivity contribution in [2.75, 3.05) is 32.8 Å². The Labute approximate surface area is 224 Å². The number of tetrazole rings is 1. The average Bonchev–Trinajstić information content (AvgIpc) is 3.45. The van der Waals surface area contributed by atoms with Gasteiger partial charge in [0.15, 0.2) is 5.82 Å². The molecule has 38 heavy (non-hydrogen) atoms. The van der Waals surface area contributed by atoms with Crippen molar-refractivity contribution >= 4 is 10.9 Å². The van der Waals surface area contributed by atoms with Gasteiger partial charge in [0.2, 0.25) is 0 Å². The predicted octanol–water partition coefficient (Wildman–Crippen LogP) is 4.46. The number of rotatable bonds is 7. The van der Waals surface area contributed by atoms with E-state index in [1.165, 1.54) is 51.4 Å². The van der Waals surface area contributed by atoms with Gasteiger partial charge < -0.3 is 9.72 Å². The van der Waals surface area contributed by atoms with Gasteiger partial charge in [0.05, 0.1) is 12.6 Å². The zero-order valence-corrected chi connectivity index (χ0v) is 22.6. The Morgan fingerprint density at radius 2 is 1.66 bits per heavy atom. The lowest BCUT2D eigenvalue weighted by Crippen LogP contribution is -2.52. The summed E-state index contributed by atoms with van der Waals surface area (Å²) >= 11 is 0. The molecule has 3 aliphatic rings. The number of fused-ring (bicyclic) bond motifs is 1. The first-order chi connectivity index (χ1) is 18.7. The van der Waals surface area contributed by atoms with Crippen molar-refractivity contribution in [1.29, 1.82) is 0 Å². The summed E-state index contributed by atoms with van der Waals surface area (Å²) in [5, 5.41) is 14.2. The second-order valence-electron chi connectivity index (χ2n) is 11.3. The number of H-pyrrole nitrogens is 1. The molecule has 3 aromatic rings. The van der Waals surface area contributed by atoms with Crippen LogP contribution in [0.3, 0.4) is 0 Å². The number of aromatic amines is 1. The number of benzene rings is 1. The fourth-order valence-electron chi connectivity index (χ4n) is 6.93. The van der Waals surface area contributed by atoms with Crippen molar-refractivity contribution in [1.82, 2.24) is 35.0 Å². The Kier molecular flexibility index (Phi) is 7.74. The van der Waals surface area contributed by atoms with Crippen LogP contribution in [0.15, 0.2) is 29.1 Å². The van der Waals surface area contributed by atoms with Crippen LogP contribution in [0.4, 0.5) is 0 Å². The van der Waals surface area contributed by atoms with E-state index in [1.54, 1.807) is 0 Å². The lowest BCUT2D eigenvalue weighted by molar-refractivity contribution is 0.0610. The molecular formula is C29H41N7O2. The largest absolute Gasteiger partial charge is 0.494 e. The van der Waals surface area contributed by atoms with Gasteiger partial charge in [-0.3, -0.25) is 14.6 Å². The van der Waals surface area contributed by atoms with Crippen LogP contribution in [0.25, 0.3) is 10.9 Å². The number of aromatic nitrogens is 5. The summed E-state index contributed by atoms with van der Waals surface area (Å²) in [5.41, 5.74) is 1.46. The van der Waals surface area contributed by atoms with Gasteiger partial charge in [-0.05, 0) is 67.3 Å². The third-order valence-corrected chi connectivity index (χ3v) is 8.94. The first kappa shape index (κ1) is 25.5. The second kappa shape index (κ2) is 11.5. The number of nitrogens with one attached hydrogen (secondary N) is 1. The Bertz CT molecular complexity index is 1270. The van der Waals surface area contributed by atoms with E-state index >= 15 is 0 Å². The van der Waals surface area contributed by atoms with Crippen LogP contribution in [0.2, 0.25) is 0 Å². The van der Waals surface area contributed by atoms with Crippen molar-refractivity contribution in [2.45, 2.75) is 89.3 Å². The molecule has 3 fully saturated rings. The van der Waals surface area contributed by atoms with Gasteiger partial charge in [-0.2, -0.15) is 0 Å². The van der Waals surface area contributed by atoms with E-state index in [0.717, 1.165) is 61.5 Å². The maximum atomic E-state index is 13.6. The molecule has 6 rings (SSSR count). The molecule has 1 aliphatic heterocycles. The molecule has 3 heterocycles. The minimum Gasteiger partial charge on any atom is -0.494 e. The van der Waals surface area contributed by atoms with Crippen LogP contribution in [-0.4, -0.2) is 73.8 Å². The number of pyridine rings is 1.